The van der Waals surface area contributed by atoms with E-state index < -0.39 is 25.1 Å². The van der Waals surface area contributed by atoms with Crippen LogP contribution in [0.25, 0.3) is 22.4 Å². The maximum atomic E-state index is 13.9. The van der Waals surface area contributed by atoms with Gasteiger partial charge in [-0.3, -0.25) is 9.59 Å². The van der Waals surface area contributed by atoms with Gasteiger partial charge in [0.1, 0.15) is 5.75 Å². The van der Waals surface area contributed by atoms with E-state index in [1.807, 2.05) is 48.5 Å². The zero-order valence-electron chi connectivity index (χ0n) is 24.2. The van der Waals surface area contributed by atoms with Crippen LogP contribution in [0, 0.1) is 17.8 Å². The molecule has 1 saturated heterocycles. The Morgan fingerprint density at radius 1 is 0.841 bits per heavy atom. The number of carbonyl (C=O) groups is 2. The van der Waals surface area contributed by atoms with Crippen LogP contribution in [0.15, 0.2) is 102 Å². The van der Waals surface area contributed by atoms with E-state index in [2.05, 4.69) is 18.2 Å². The van der Waals surface area contributed by atoms with Gasteiger partial charge in [-0.25, -0.2) is 0 Å². The second-order valence-electron chi connectivity index (χ2n) is 12.0. The summed E-state index contributed by atoms with van der Waals surface area (Å²) in [6.45, 7) is -0.227. The molecule has 220 valence electrons. The van der Waals surface area contributed by atoms with Crippen LogP contribution in [0.2, 0.25) is 6.32 Å². The molecule has 44 heavy (non-hydrogen) atoms. The maximum Gasteiger partial charge on any atom is 0.455 e. The highest BCUT2D eigenvalue weighted by Crippen LogP contribution is 2.51. The zero-order valence-corrected chi connectivity index (χ0v) is 24.2. The summed E-state index contributed by atoms with van der Waals surface area (Å²) in [5, 5.41) is 33.6. The van der Waals surface area contributed by atoms with Gasteiger partial charge < -0.3 is 19.9 Å². The Morgan fingerprint density at radius 3 is 2.27 bits per heavy atom. The van der Waals surface area contributed by atoms with E-state index in [1.54, 1.807) is 30.3 Å². The van der Waals surface area contributed by atoms with Gasteiger partial charge in [0.25, 0.3) is 0 Å². The van der Waals surface area contributed by atoms with E-state index in [1.165, 1.54) is 0 Å². The molecule has 0 aromatic heterocycles. The standard InChI is InChI=1S/C37H33BO6/c39-21-25-19-30-35(37(42)29-13-7-6-12-28(29)36(30)41)31-20-38(43)44-33(34(25)31)17-15-23(22-8-2-1-3-9-22)18-24-14-16-32(40)27-11-5-4-10-26(24)27/h1-14,16,18,30-31,33,35,39-40,43H,15,17,19-21H2/b23-18-/t30-,31+,33-,35-/m1/s1. The number of allylic oxidation sites excluding steroid dienone is 1. The molecule has 7 rings (SSSR count). The number of phenols is 1. The van der Waals surface area contributed by atoms with Crippen LogP contribution in [-0.4, -0.2) is 46.6 Å². The van der Waals surface area contributed by atoms with Crippen molar-refractivity contribution in [1.82, 2.24) is 0 Å². The predicted octanol–water partition coefficient (Wildman–Crippen LogP) is 6.37. The average Bonchev–Trinajstić information content (AvgIpc) is 3.06. The van der Waals surface area contributed by atoms with Crippen molar-refractivity contribution in [3.05, 3.63) is 124 Å². The number of ketones is 2. The molecule has 0 spiro atoms. The van der Waals surface area contributed by atoms with Crippen molar-refractivity contribution in [1.29, 1.82) is 0 Å². The summed E-state index contributed by atoms with van der Waals surface area (Å²) in [6, 6.07) is 28.4. The quantitative estimate of drug-likeness (QED) is 0.138. The van der Waals surface area contributed by atoms with Gasteiger partial charge in [-0.2, -0.15) is 0 Å². The van der Waals surface area contributed by atoms with E-state index in [0.717, 1.165) is 38.6 Å². The molecule has 3 N–H and O–H groups in total. The Kier molecular flexibility index (Phi) is 7.54. The minimum Gasteiger partial charge on any atom is -0.507 e. The molecule has 7 heteroatoms. The van der Waals surface area contributed by atoms with Gasteiger partial charge in [-0.1, -0.05) is 91.0 Å². The van der Waals surface area contributed by atoms with Crippen molar-refractivity contribution in [2.75, 3.05) is 6.61 Å². The summed E-state index contributed by atoms with van der Waals surface area (Å²) in [7, 11) is -1.09. The molecule has 0 radical (unpaired) electrons. The fourth-order valence-electron chi connectivity index (χ4n) is 7.67. The highest BCUT2D eigenvalue weighted by molar-refractivity contribution is 6.43. The molecule has 1 fully saturated rings. The summed E-state index contributed by atoms with van der Waals surface area (Å²) in [5.41, 5.74) is 5.56. The molecule has 4 aromatic rings. The number of hydrogen-bond acceptors (Lipinski definition) is 6. The molecule has 1 aliphatic heterocycles. The smallest absolute Gasteiger partial charge is 0.455 e. The van der Waals surface area contributed by atoms with Gasteiger partial charge in [0, 0.05) is 28.3 Å². The fourth-order valence-corrected chi connectivity index (χ4v) is 7.67. The number of carbonyl (C=O) groups excluding carboxylic acids is 2. The van der Waals surface area contributed by atoms with Gasteiger partial charge in [-0.05, 0) is 70.8 Å². The Labute approximate surface area is 256 Å². The number of hydrogen-bond donors (Lipinski definition) is 3. The number of benzene rings is 4. The Morgan fingerprint density at radius 2 is 1.52 bits per heavy atom. The van der Waals surface area contributed by atoms with Crippen LogP contribution < -0.4 is 0 Å². The Bertz CT molecular complexity index is 1830. The number of aliphatic hydroxyl groups is 1. The van der Waals surface area contributed by atoms with Crippen LogP contribution in [0.1, 0.15) is 51.1 Å². The summed E-state index contributed by atoms with van der Waals surface area (Å²) in [5.74, 6) is -1.44. The average molecular weight is 584 g/mol. The third kappa shape index (κ3) is 4.91. The third-order valence-corrected chi connectivity index (χ3v) is 9.64. The largest absolute Gasteiger partial charge is 0.507 e. The lowest BCUT2D eigenvalue weighted by Crippen LogP contribution is -2.51. The van der Waals surface area contributed by atoms with Crippen LogP contribution in [0.5, 0.6) is 5.75 Å². The molecule has 6 nitrogen and oxygen atoms in total. The zero-order chi connectivity index (χ0) is 30.4. The van der Waals surface area contributed by atoms with Crippen LogP contribution in [0.3, 0.4) is 0 Å². The van der Waals surface area contributed by atoms with Crippen molar-refractivity contribution < 1.29 is 29.5 Å². The molecule has 0 saturated carbocycles. The van der Waals surface area contributed by atoms with E-state index in [4.69, 9.17) is 4.65 Å². The number of aromatic hydroxyl groups is 1. The lowest BCUT2D eigenvalue weighted by Gasteiger charge is -2.47. The maximum absolute atomic E-state index is 13.9. The molecular formula is C37H33BO6. The molecule has 4 aromatic carbocycles. The first-order chi connectivity index (χ1) is 21.4. The first-order valence-electron chi connectivity index (χ1n) is 15.2. The van der Waals surface area contributed by atoms with Crippen molar-refractivity contribution in [2.24, 2.45) is 17.8 Å². The Balaban J connectivity index is 1.25. The van der Waals surface area contributed by atoms with Gasteiger partial charge in [0.2, 0.25) is 0 Å². The molecule has 3 aliphatic rings. The van der Waals surface area contributed by atoms with E-state index >= 15 is 0 Å². The van der Waals surface area contributed by atoms with E-state index in [-0.39, 0.29) is 36.2 Å². The normalized spacial score (nSPS) is 23.4. The summed E-state index contributed by atoms with van der Waals surface area (Å²) >= 11 is 0. The predicted molar refractivity (Wildman–Crippen MR) is 171 cm³/mol. The van der Waals surface area contributed by atoms with Gasteiger partial charge >= 0.3 is 7.12 Å². The number of Topliss-reactive ketones (excluding diaryl/α,β-unsaturated/α-hetero) is 2. The molecule has 1 heterocycles. The van der Waals surface area contributed by atoms with Crippen LogP contribution in [-0.2, 0) is 4.65 Å². The third-order valence-electron chi connectivity index (χ3n) is 9.64. The lowest BCUT2D eigenvalue weighted by molar-refractivity contribution is 0.0591. The van der Waals surface area contributed by atoms with Gasteiger partial charge in [0.05, 0.1) is 12.7 Å². The monoisotopic (exact) mass is 584 g/mol. The van der Waals surface area contributed by atoms with Gasteiger partial charge in [0.15, 0.2) is 11.6 Å². The van der Waals surface area contributed by atoms with Crippen molar-refractivity contribution >= 4 is 41.1 Å². The highest BCUT2D eigenvalue weighted by Gasteiger charge is 2.53. The SMILES string of the molecule is O=C1c2ccccc2C(=O)[C@@H]2CC(CO)=C3[C@@H](CC/C(=C/c4ccc(O)c5ccccc45)c4ccccc4)OB(O)C[C@@H]3[C@H]12. The van der Waals surface area contributed by atoms with Crippen LogP contribution in [0.4, 0.5) is 0 Å². The molecule has 0 amide bonds. The summed E-state index contributed by atoms with van der Waals surface area (Å²) < 4.78 is 6.15. The van der Waals surface area contributed by atoms with Crippen molar-refractivity contribution in [3.8, 4) is 5.75 Å². The topological polar surface area (TPSA) is 104 Å². The first-order valence-corrected chi connectivity index (χ1v) is 15.2. The molecule has 4 atom stereocenters. The van der Waals surface area contributed by atoms with Crippen molar-refractivity contribution in [2.45, 2.75) is 31.7 Å². The number of rotatable bonds is 6. The second kappa shape index (κ2) is 11.7. The molecule has 0 bridgehead atoms. The van der Waals surface area contributed by atoms with Gasteiger partial charge in [-0.15, -0.1) is 0 Å². The highest BCUT2D eigenvalue weighted by atomic mass is 16.5. The molecule has 0 unspecified atom stereocenters. The molecule has 2 aliphatic carbocycles. The summed E-state index contributed by atoms with van der Waals surface area (Å²) in [6.07, 6.45) is 3.23. The minimum absolute atomic E-state index is 0.0665. The number of aliphatic hydroxyl groups excluding tert-OH is 1. The first kappa shape index (κ1) is 28.5. The minimum atomic E-state index is -1.09. The fraction of sp³-hybridized carbons (Fsp3) is 0.243. The van der Waals surface area contributed by atoms with Crippen molar-refractivity contribution in [3.63, 3.8) is 0 Å². The number of fused-ring (bicyclic) bond motifs is 5. The van der Waals surface area contributed by atoms with E-state index in [0.29, 0.717) is 30.4 Å². The molecular weight excluding hydrogens is 551 g/mol. The second-order valence-corrected chi connectivity index (χ2v) is 12.0. The number of phenolic OH excluding ortho intramolecular Hbond substituents is 1. The van der Waals surface area contributed by atoms with E-state index in [9.17, 15) is 24.8 Å². The Hall–Kier alpha value is -4.30. The lowest BCUT2D eigenvalue weighted by atomic mass is 9.54. The summed E-state index contributed by atoms with van der Waals surface area (Å²) in [4.78, 5) is 27.4. The van der Waals surface area contributed by atoms with Crippen LogP contribution >= 0.6 is 0 Å².